The molecule has 0 aromatic rings. The van der Waals surface area contributed by atoms with Gasteiger partial charge in [-0.15, -0.1) is 0 Å². The molecule has 1 aliphatic rings. The fourth-order valence-corrected chi connectivity index (χ4v) is 2.42. The van der Waals surface area contributed by atoms with Gasteiger partial charge in [-0.25, -0.2) is 0 Å². The summed E-state index contributed by atoms with van der Waals surface area (Å²) in [6, 6.07) is 0.734. The molecule has 78 valence electrons. The Morgan fingerprint density at radius 2 is 2.08 bits per heavy atom. The molecule has 1 saturated carbocycles. The summed E-state index contributed by atoms with van der Waals surface area (Å²) in [5.74, 6) is 0.932. The van der Waals surface area contributed by atoms with E-state index < -0.39 is 0 Å². The molecule has 1 atom stereocenters. The average molecular weight is 185 g/mol. The number of hydrogen-bond acceptors (Lipinski definition) is 2. The van der Waals surface area contributed by atoms with Gasteiger partial charge in [0, 0.05) is 19.8 Å². The molecule has 0 spiro atoms. The highest BCUT2D eigenvalue weighted by atomic mass is 16.5. The maximum atomic E-state index is 5.07. The van der Waals surface area contributed by atoms with Crippen LogP contribution in [0.2, 0.25) is 0 Å². The maximum Gasteiger partial charge on any atom is 0.0462 e. The van der Waals surface area contributed by atoms with Gasteiger partial charge in [0.05, 0.1) is 0 Å². The first-order chi connectivity index (χ1) is 6.38. The quantitative estimate of drug-likeness (QED) is 0.640. The Labute approximate surface area is 82.0 Å². The lowest BCUT2D eigenvalue weighted by atomic mass is 9.94. The first-order valence-electron chi connectivity index (χ1n) is 5.54. The van der Waals surface area contributed by atoms with Crippen LogP contribution in [0.4, 0.5) is 0 Å². The zero-order valence-corrected chi connectivity index (χ0v) is 9.01. The standard InChI is InChI=1S/C11H23NO/c1-12-11(8-5-9-13-2)10-6-3-4-7-10/h10-12H,3-9H2,1-2H3. The molecule has 1 unspecified atom stereocenters. The van der Waals surface area contributed by atoms with Crippen molar-refractivity contribution in [2.75, 3.05) is 20.8 Å². The van der Waals surface area contributed by atoms with E-state index in [1.165, 1.54) is 38.5 Å². The topological polar surface area (TPSA) is 21.3 Å². The van der Waals surface area contributed by atoms with Gasteiger partial charge in [0.1, 0.15) is 0 Å². The summed E-state index contributed by atoms with van der Waals surface area (Å²) in [5, 5.41) is 3.45. The number of ether oxygens (including phenoxy) is 1. The number of methoxy groups -OCH3 is 1. The molecule has 1 fully saturated rings. The third-order valence-corrected chi connectivity index (χ3v) is 3.20. The summed E-state index contributed by atoms with van der Waals surface area (Å²) in [7, 11) is 3.87. The van der Waals surface area contributed by atoms with Crippen LogP contribution >= 0.6 is 0 Å². The fourth-order valence-electron chi connectivity index (χ4n) is 2.42. The van der Waals surface area contributed by atoms with Gasteiger partial charge in [0.2, 0.25) is 0 Å². The van der Waals surface area contributed by atoms with E-state index >= 15 is 0 Å². The third-order valence-electron chi connectivity index (χ3n) is 3.20. The van der Waals surface area contributed by atoms with Crippen molar-refractivity contribution in [3.63, 3.8) is 0 Å². The molecule has 0 aliphatic heterocycles. The van der Waals surface area contributed by atoms with Crippen molar-refractivity contribution in [3.8, 4) is 0 Å². The molecule has 0 bridgehead atoms. The van der Waals surface area contributed by atoms with Gasteiger partial charge in [-0.2, -0.15) is 0 Å². The first-order valence-corrected chi connectivity index (χ1v) is 5.54. The van der Waals surface area contributed by atoms with Crippen molar-refractivity contribution in [1.82, 2.24) is 5.32 Å². The van der Waals surface area contributed by atoms with Crippen molar-refractivity contribution >= 4 is 0 Å². The molecule has 1 aliphatic carbocycles. The SMILES string of the molecule is CNC(CCCOC)C1CCCC1. The zero-order valence-electron chi connectivity index (χ0n) is 9.01. The lowest BCUT2D eigenvalue weighted by molar-refractivity contribution is 0.184. The van der Waals surface area contributed by atoms with Crippen LogP contribution in [-0.4, -0.2) is 26.8 Å². The predicted octanol–water partition coefficient (Wildman–Crippen LogP) is 2.19. The van der Waals surface area contributed by atoms with Gasteiger partial charge in [-0.1, -0.05) is 12.8 Å². The summed E-state index contributed by atoms with van der Waals surface area (Å²) < 4.78 is 5.07. The van der Waals surface area contributed by atoms with E-state index in [9.17, 15) is 0 Å². The second kappa shape index (κ2) is 6.39. The summed E-state index contributed by atoms with van der Waals surface area (Å²) in [6.45, 7) is 0.908. The van der Waals surface area contributed by atoms with Crippen LogP contribution in [0.3, 0.4) is 0 Å². The second-order valence-electron chi connectivity index (χ2n) is 4.07. The Morgan fingerprint density at radius 3 is 2.62 bits per heavy atom. The Kier molecular flexibility index (Phi) is 5.40. The van der Waals surface area contributed by atoms with E-state index in [0.717, 1.165) is 18.6 Å². The minimum Gasteiger partial charge on any atom is -0.385 e. The fraction of sp³-hybridized carbons (Fsp3) is 1.00. The van der Waals surface area contributed by atoms with E-state index in [4.69, 9.17) is 4.74 Å². The lowest BCUT2D eigenvalue weighted by Gasteiger charge is -2.22. The van der Waals surface area contributed by atoms with Crippen LogP contribution in [0, 0.1) is 5.92 Å². The molecule has 0 heterocycles. The van der Waals surface area contributed by atoms with Gasteiger partial charge < -0.3 is 10.1 Å². The van der Waals surface area contributed by atoms with Gasteiger partial charge in [0.25, 0.3) is 0 Å². The van der Waals surface area contributed by atoms with Crippen molar-refractivity contribution in [1.29, 1.82) is 0 Å². The molecule has 0 saturated heterocycles. The minimum atomic E-state index is 0.734. The van der Waals surface area contributed by atoms with Crippen molar-refractivity contribution < 1.29 is 4.74 Å². The molecule has 1 N–H and O–H groups in total. The smallest absolute Gasteiger partial charge is 0.0462 e. The molecular weight excluding hydrogens is 162 g/mol. The summed E-state index contributed by atoms with van der Waals surface area (Å²) in [6.07, 6.45) is 8.20. The molecule has 0 aromatic carbocycles. The van der Waals surface area contributed by atoms with Crippen molar-refractivity contribution in [3.05, 3.63) is 0 Å². The molecule has 1 rings (SSSR count). The Morgan fingerprint density at radius 1 is 1.38 bits per heavy atom. The number of rotatable bonds is 6. The summed E-state index contributed by atoms with van der Waals surface area (Å²) >= 11 is 0. The average Bonchev–Trinajstić information content (AvgIpc) is 2.65. The Balaban J connectivity index is 2.16. The number of hydrogen-bond donors (Lipinski definition) is 1. The zero-order chi connectivity index (χ0) is 9.52. The number of nitrogens with one attached hydrogen (secondary N) is 1. The van der Waals surface area contributed by atoms with E-state index in [2.05, 4.69) is 12.4 Å². The highest BCUT2D eigenvalue weighted by Crippen LogP contribution is 2.29. The third kappa shape index (κ3) is 3.65. The first kappa shape index (κ1) is 11.0. The lowest BCUT2D eigenvalue weighted by Crippen LogP contribution is -2.32. The van der Waals surface area contributed by atoms with Crippen LogP contribution in [0.15, 0.2) is 0 Å². The minimum absolute atomic E-state index is 0.734. The van der Waals surface area contributed by atoms with Crippen LogP contribution < -0.4 is 5.32 Å². The Bertz CT molecular complexity index is 121. The molecule has 2 heteroatoms. The van der Waals surface area contributed by atoms with Crippen molar-refractivity contribution in [2.45, 2.75) is 44.6 Å². The van der Waals surface area contributed by atoms with Crippen LogP contribution in [-0.2, 0) is 4.74 Å². The molecule has 0 amide bonds. The summed E-state index contributed by atoms with van der Waals surface area (Å²) in [4.78, 5) is 0. The van der Waals surface area contributed by atoms with Gasteiger partial charge >= 0.3 is 0 Å². The Hall–Kier alpha value is -0.0800. The largest absolute Gasteiger partial charge is 0.385 e. The molecule has 13 heavy (non-hydrogen) atoms. The van der Waals surface area contributed by atoms with Crippen LogP contribution in [0.1, 0.15) is 38.5 Å². The molecule has 0 radical (unpaired) electrons. The summed E-state index contributed by atoms with van der Waals surface area (Å²) in [5.41, 5.74) is 0. The van der Waals surface area contributed by atoms with Gasteiger partial charge in [-0.3, -0.25) is 0 Å². The highest BCUT2D eigenvalue weighted by molar-refractivity contribution is 4.79. The van der Waals surface area contributed by atoms with E-state index in [1.54, 1.807) is 7.11 Å². The monoisotopic (exact) mass is 185 g/mol. The maximum absolute atomic E-state index is 5.07. The van der Waals surface area contributed by atoms with E-state index in [0.29, 0.717) is 0 Å². The highest BCUT2D eigenvalue weighted by Gasteiger charge is 2.22. The van der Waals surface area contributed by atoms with Crippen LogP contribution in [0.25, 0.3) is 0 Å². The molecule has 2 nitrogen and oxygen atoms in total. The van der Waals surface area contributed by atoms with Crippen molar-refractivity contribution in [2.24, 2.45) is 5.92 Å². The molecule has 0 aromatic heterocycles. The van der Waals surface area contributed by atoms with Gasteiger partial charge in [-0.05, 0) is 38.6 Å². The van der Waals surface area contributed by atoms with Gasteiger partial charge in [0.15, 0.2) is 0 Å². The predicted molar refractivity (Wildman–Crippen MR) is 55.9 cm³/mol. The van der Waals surface area contributed by atoms with E-state index in [1.807, 2.05) is 0 Å². The second-order valence-corrected chi connectivity index (χ2v) is 4.07. The molecular formula is C11H23NO. The van der Waals surface area contributed by atoms with Crippen LogP contribution in [0.5, 0.6) is 0 Å². The van der Waals surface area contributed by atoms with E-state index in [-0.39, 0.29) is 0 Å². The normalized spacial score (nSPS) is 20.8.